The number of benzene rings is 2. The summed E-state index contributed by atoms with van der Waals surface area (Å²) in [6, 6.07) is 20.4. The maximum atomic E-state index is 12.4. The third kappa shape index (κ3) is 4.12. The molecule has 1 aliphatic heterocycles. The lowest BCUT2D eigenvalue weighted by Gasteiger charge is -2.31. The monoisotopic (exact) mass is 320 g/mol. The van der Waals surface area contributed by atoms with E-state index in [1.165, 1.54) is 11.1 Å². The summed E-state index contributed by atoms with van der Waals surface area (Å²) in [6.45, 7) is 4.31. The minimum atomic E-state index is -0.109. The van der Waals surface area contributed by atoms with Gasteiger partial charge in [0.05, 0.1) is 6.04 Å². The fourth-order valence-corrected chi connectivity index (χ4v) is 3.05. The van der Waals surface area contributed by atoms with Gasteiger partial charge >= 0.3 is 0 Å². The summed E-state index contributed by atoms with van der Waals surface area (Å²) in [5.74, 6) is 0.0930. The standard InChI is InChI=1S/C21H24N2O/c1-17(21(24)22-16-18-8-4-2-5-9-18)23-14-12-20(13-15-23)19-10-6-3-7-11-19/h2-12,17H,13-16H2,1H3,(H,22,24). The minimum Gasteiger partial charge on any atom is -0.351 e. The van der Waals surface area contributed by atoms with Crippen molar-refractivity contribution in [1.29, 1.82) is 0 Å². The van der Waals surface area contributed by atoms with E-state index < -0.39 is 0 Å². The molecule has 1 aliphatic rings. The Bertz CT molecular complexity index is 694. The van der Waals surface area contributed by atoms with Crippen LogP contribution in [0.15, 0.2) is 66.7 Å². The lowest BCUT2D eigenvalue weighted by Crippen LogP contribution is -2.46. The van der Waals surface area contributed by atoms with Crippen molar-refractivity contribution < 1.29 is 4.79 Å². The highest BCUT2D eigenvalue weighted by atomic mass is 16.2. The predicted molar refractivity (Wildman–Crippen MR) is 98.4 cm³/mol. The second-order valence-electron chi connectivity index (χ2n) is 6.22. The zero-order valence-corrected chi connectivity index (χ0v) is 14.1. The van der Waals surface area contributed by atoms with Crippen LogP contribution in [0, 0.1) is 0 Å². The molecule has 0 aromatic heterocycles. The first-order valence-electron chi connectivity index (χ1n) is 8.54. The molecule has 2 aromatic carbocycles. The van der Waals surface area contributed by atoms with Crippen LogP contribution in [-0.4, -0.2) is 29.9 Å². The molecule has 0 saturated heterocycles. The van der Waals surface area contributed by atoms with Crippen LogP contribution < -0.4 is 5.32 Å². The van der Waals surface area contributed by atoms with Crippen molar-refractivity contribution in [3.05, 3.63) is 77.9 Å². The lowest BCUT2D eigenvalue weighted by molar-refractivity contribution is -0.125. The van der Waals surface area contributed by atoms with Gasteiger partial charge in [-0.1, -0.05) is 66.7 Å². The molecule has 124 valence electrons. The Balaban J connectivity index is 1.53. The molecule has 0 fully saturated rings. The normalized spacial score (nSPS) is 16.3. The smallest absolute Gasteiger partial charge is 0.237 e. The number of rotatable bonds is 5. The number of amides is 1. The van der Waals surface area contributed by atoms with Gasteiger partial charge in [-0.25, -0.2) is 0 Å². The van der Waals surface area contributed by atoms with E-state index in [0.29, 0.717) is 6.54 Å². The third-order valence-corrected chi connectivity index (χ3v) is 4.62. The molecule has 1 heterocycles. The summed E-state index contributed by atoms with van der Waals surface area (Å²) in [6.07, 6.45) is 3.24. The molecular weight excluding hydrogens is 296 g/mol. The average Bonchev–Trinajstić information content (AvgIpc) is 2.67. The van der Waals surface area contributed by atoms with Crippen LogP contribution in [0.5, 0.6) is 0 Å². The summed E-state index contributed by atoms with van der Waals surface area (Å²) in [5, 5.41) is 3.04. The van der Waals surface area contributed by atoms with Gasteiger partial charge in [0, 0.05) is 19.6 Å². The Morgan fingerprint density at radius 3 is 2.38 bits per heavy atom. The zero-order valence-electron chi connectivity index (χ0n) is 14.1. The first-order chi connectivity index (χ1) is 11.7. The van der Waals surface area contributed by atoms with Gasteiger partial charge in [0.25, 0.3) is 0 Å². The van der Waals surface area contributed by atoms with E-state index in [2.05, 4.69) is 40.6 Å². The lowest BCUT2D eigenvalue weighted by atomic mass is 9.99. The Morgan fingerprint density at radius 1 is 1.08 bits per heavy atom. The Kier molecular flexibility index (Phi) is 5.44. The molecule has 1 unspecified atom stereocenters. The summed E-state index contributed by atoms with van der Waals surface area (Å²) in [5.41, 5.74) is 3.80. The number of hydrogen-bond acceptors (Lipinski definition) is 2. The molecule has 1 atom stereocenters. The van der Waals surface area contributed by atoms with Gasteiger partial charge in [-0.15, -0.1) is 0 Å². The van der Waals surface area contributed by atoms with Crippen molar-refractivity contribution in [2.75, 3.05) is 13.1 Å². The molecule has 0 spiro atoms. The van der Waals surface area contributed by atoms with Crippen molar-refractivity contribution in [3.63, 3.8) is 0 Å². The predicted octanol–water partition coefficient (Wildman–Crippen LogP) is 3.48. The van der Waals surface area contributed by atoms with Gasteiger partial charge in [-0.2, -0.15) is 0 Å². The highest BCUT2D eigenvalue weighted by molar-refractivity contribution is 5.81. The largest absolute Gasteiger partial charge is 0.351 e. The molecule has 0 saturated carbocycles. The summed E-state index contributed by atoms with van der Waals surface area (Å²) >= 11 is 0. The topological polar surface area (TPSA) is 32.3 Å². The summed E-state index contributed by atoms with van der Waals surface area (Å²) < 4.78 is 0. The van der Waals surface area contributed by atoms with E-state index >= 15 is 0 Å². The molecule has 1 amide bonds. The van der Waals surface area contributed by atoms with Crippen LogP contribution in [0.3, 0.4) is 0 Å². The Hall–Kier alpha value is -2.39. The van der Waals surface area contributed by atoms with Gasteiger partial charge in [0.2, 0.25) is 5.91 Å². The molecule has 0 radical (unpaired) electrons. The Labute approximate surface area is 144 Å². The van der Waals surface area contributed by atoms with Crippen molar-refractivity contribution in [3.8, 4) is 0 Å². The maximum absolute atomic E-state index is 12.4. The fraction of sp³-hybridized carbons (Fsp3) is 0.286. The second kappa shape index (κ2) is 7.93. The number of carbonyl (C=O) groups is 1. The van der Waals surface area contributed by atoms with Crippen molar-refractivity contribution in [2.24, 2.45) is 0 Å². The average molecular weight is 320 g/mol. The van der Waals surface area contributed by atoms with Crippen LogP contribution in [0.4, 0.5) is 0 Å². The zero-order chi connectivity index (χ0) is 16.8. The molecule has 3 heteroatoms. The number of carbonyl (C=O) groups excluding carboxylic acids is 1. The van der Waals surface area contributed by atoms with Crippen molar-refractivity contribution >= 4 is 11.5 Å². The summed E-state index contributed by atoms with van der Waals surface area (Å²) in [7, 11) is 0. The van der Waals surface area contributed by atoms with E-state index in [0.717, 1.165) is 25.1 Å². The van der Waals surface area contributed by atoms with E-state index in [9.17, 15) is 4.79 Å². The van der Waals surface area contributed by atoms with Gasteiger partial charge < -0.3 is 5.32 Å². The van der Waals surface area contributed by atoms with E-state index in [1.54, 1.807) is 0 Å². The highest BCUT2D eigenvalue weighted by Crippen LogP contribution is 2.22. The van der Waals surface area contributed by atoms with Crippen LogP contribution in [0.1, 0.15) is 24.5 Å². The quantitative estimate of drug-likeness (QED) is 0.915. The molecule has 0 aliphatic carbocycles. The number of hydrogen-bond donors (Lipinski definition) is 1. The number of nitrogens with one attached hydrogen (secondary N) is 1. The molecule has 2 aromatic rings. The molecule has 1 N–H and O–H groups in total. The van der Waals surface area contributed by atoms with Crippen molar-refractivity contribution in [1.82, 2.24) is 10.2 Å². The number of nitrogens with zero attached hydrogens (tertiary/aromatic N) is 1. The maximum Gasteiger partial charge on any atom is 0.237 e. The summed E-state index contributed by atoms with van der Waals surface area (Å²) in [4.78, 5) is 14.6. The Morgan fingerprint density at radius 2 is 1.75 bits per heavy atom. The molecule has 24 heavy (non-hydrogen) atoms. The van der Waals surface area contributed by atoms with Gasteiger partial charge in [-0.05, 0) is 30.0 Å². The van der Waals surface area contributed by atoms with Gasteiger partial charge in [-0.3, -0.25) is 9.69 Å². The first-order valence-corrected chi connectivity index (χ1v) is 8.54. The van der Waals surface area contributed by atoms with Gasteiger partial charge in [0.15, 0.2) is 0 Å². The van der Waals surface area contributed by atoms with Crippen LogP contribution >= 0.6 is 0 Å². The van der Waals surface area contributed by atoms with Gasteiger partial charge in [0.1, 0.15) is 0 Å². The molecule has 3 nitrogen and oxygen atoms in total. The first kappa shape index (κ1) is 16.5. The minimum absolute atomic E-state index is 0.0930. The van der Waals surface area contributed by atoms with E-state index in [1.807, 2.05) is 43.3 Å². The molecular formula is C21H24N2O. The fourth-order valence-electron chi connectivity index (χ4n) is 3.05. The second-order valence-corrected chi connectivity index (χ2v) is 6.22. The SMILES string of the molecule is CC(C(=O)NCc1ccccc1)N1CC=C(c2ccccc2)CC1. The van der Waals surface area contributed by atoms with E-state index in [4.69, 9.17) is 0 Å². The van der Waals surface area contributed by atoms with Crippen LogP contribution in [0.2, 0.25) is 0 Å². The molecule has 0 bridgehead atoms. The van der Waals surface area contributed by atoms with E-state index in [-0.39, 0.29) is 11.9 Å². The van der Waals surface area contributed by atoms with Crippen LogP contribution in [-0.2, 0) is 11.3 Å². The van der Waals surface area contributed by atoms with Crippen LogP contribution in [0.25, 0.3) is 5.57 Å². The third-order valence-electron chi connectivity index (χ3n) is 4.62. The highest BCUT2D eigenvalue weighted by Gasteiger charge is 2.23. The molecule has 3 rings (SSSR count). The van der Waals surface area contributed by atoms with Crippen molar-refractivity contribution in [2.45, 2.75) is 25.9 Å².